The molecule has 1 atom stereocenters. The third-order valence-electron chi connectivity index (χ3n) is 3.24. The minimum absolute atomic E-state index is 0.387. The zero-order valence-corrected chi connectivity index (χ0v) is 7.70. The van der Waals surface area contributed by atoms with Crippen LogP contribution in [-0.4, -0.2) is 24.4 Å². The topological polar surface area (TPSA) is 53.2 Å². The van der Waals surface area contributed by atoms with Gasteiger partial charge in [-0.15, -0.1) is 0 Å². The van der Waals surface area contributed by atoms with Crippen LogP contribution in [0.15, 0.2) is 0 Å². The van der Waals surface area contributed by atoms with Gasteiger partial charge in [0.25, 0.3) is 0 Å². The molecule has 1 aliphatic heterocycles. The monoisotopic (exact) mass is 181 g/mol. The quantitative estimate of drug-likeness (QED) is 0.693. The Morgan fingerprint density at radius 3 is 2.46 bits per heavy atom. The Hall–Kier alpha value is -0.590. The van der Waals surface area contributed by atoms with Gasteiger partial charge in [-0.05, 0) is 31.6 Å². The number of nitrogens with zero attached hydrogens (tertiary/aromatic N) is 1. The molecule has 13 heavy (non-hydrogen) atoms. The molecule has 0 aromatic carbocycles. The van der Waals surface area contributed by atoms with Gasteiger partial charge in [0.1, 0.15) is 0 Å². The average molecular weight is 181 g/mol. The Morgan fingerprint density at radius 1 is 1.38 bits per heavy atom. The van der Waals surface area contributed by atoms with Gasteiger partial charge in [-0.25, -0.2) is 0 Å². The molecule has 0 radical (unpaired) electrons. The Morgan fingerprint density at radius 2 is 2.00 bits per heavy atom. The molecule has 1 saturated carbocycles. The van der Waals surface area contributed by atoms with E-state index in [1.807, 2.05) is 0 Å². The Bertz CT molecular complexity index is 224. The van der Waals surface area contributed by atoms with Crippen molar-refractivity contribution in [3.05, 3.63) is 0 Å². The van der Waals surface area contributed by atoms with Crippen LogP contribution in [0.1, 0.15) is 25.7 Å². The molecular weight excluding hydrogens is 166 g/mol. The summed E-state index contributed by atoms with van der Waals surface area (Å²) in [4.78, 5) is 0. The lowest BCUT2D eigenvalue weighted by Gasteiger charge is -2.34. The smallest absolute Gasteiger partial charge is 0.0878 e. The Balaban J connectivity index is 2.08. The lowest BCUT2D eigenvalue weighted by molar-refractivity contribution is -0.0384. The summed E-state index contributed by atoms with van der Waals surface area (Å²) >= 11 is 0. The van der Waals surface area contributed by atoms with E-state index in [0.29, 0.717) is 32.0 Å². The fraction of sp³-hybridized carbons (Fsp3) is 0.900. The predicted octanol–water partition coefficient (Wildman–Crippen LogP) is 1.08. The predicted molar refractivity (Wildman–Crippen MR) is 46.8 cm³/mol. The lowest BCUT2D eigenvalue weighted by atomic mass is 9.75. The average Bonchev–Trinajstić information content (AvgIpc) is 3.01. The van der Waals surface area contributed by atoms with E-state index in [4.69, 9.17) is 10.00 Å². The van der Waals surface area contributed by atoms with Crippen LogP contribution in [0.2, 0.25) is 0 Å². The lowest BCUT2D eigenvalue weighted by Crippen LogP contribution is -2.40. The minimum atomic E-state index is -0.501. The molecular formula is C10H15NO2. The van der Waals surface area contributed by atoms with Gasteiger partial charge in [0, 0.05) is 13.2 Å². The maximum absolute atomic E-state index is 9.99. The molecule has 0 aromatic heterocycles. The summed E-state index contributed by atoms with van der Waals surface area (Å²) in [5, 5.41) is 19.1. The normalized spacial score (nSPS) is 29.2. The summed E-state index contributed by atoms with van der Waals surface area (Å²) in [5.74, 6) is 0.387. The summed E-state index contributed by atoms with van der Waals surface area (Å²) in [6.45, 7) is 1.24. The Labute approximate surface area is 78.3 Å². The van der Waals surface area contributed by atoms with E-state index in [1.165, 1.54) is 0 Å². The molecule has 1 unspecified atom stereocenters. The third kappa shape index (κ3) is 1.56. The van der Waals surface area contributed by atoms with Crippen molar-refractivity contribution in [1.29, 1.82) is 5.26 Å². The van der Waals surface area contributed by atoms with Crippen LogP contribution in [0.4, 0.5) is 0 Å². The van der Waals surface area contributed by atoms with Crippen LogP contribution in [0.5, 0.6) is 0 Å². The summed E-state index contributed by atoms with van der Waals surface area (Å²) in [7, 11) is 0. The van der Waals surface area contributed by atoms with Crippen LogP contribution in [-0.2, 0) is 4.74 Å². The van der Waals surface area contributed by atoms with E-state index in [2.05, 4.69) is 6.07 Å². The van der Waals surface area contributed by atoms with Gasteiger partial charge in [-0.1, -0.05) is 0 Å². The Kier molecular flexibility index (Phi) is 2.27. The first-order valence-electron chi connectivity index (χ1n) is 4.95. The molecule has 0 bridgehead atoms. The number of hydrogen-bond acceptors (Lipinski definition) is 3. The molecule has 2 rings (SSSR count). The van der Waals surface area contributed by atoms with E-state index >= 15 is 0 Å². The summed E-state index contributed by atoms with van der Waals surface area (Å²) < 4.78 is 5.21. The first kappa shape index (κ1) is 8.98. The number of hydrogen-bond donors (Lipinski definition) is 1. The van der Waals surface area contributed by atoms with Crippen molar-refractivity contribution in [2.75, 3.05) is 13.2 Å². The van der Waals surface area contributed by atoms with E-state index in [-0.39, 0.29) is 0 Å². The highest BCUT2D eigenvalue weighted by atomic mass is 16.5. The molecule has 3 heteroatoms. The van der Waals surface area contributed by atoms with Crippen molar-refractivity contribution in [2.45, 2.75) is 31.8 Å². The number of nitriles is 1. The van der Waals surface area contributed by atoms with Crippen LogP contribution in [0.3, 0.4) is 0 Å². The van der Waals surface area contributed by atoms with Gasteiger partial charge in [0.2, 0.25) is 0 Å². The summed E-state index contributed by atoms with van der Waals surface area (Å²) in [5.41, 5.74) is -0.501. The molecule has 1 heterocycles. The fourth-order valence-electron chi connectivity index (χ4n) is 2.07. The molecule has 3 nitrogen and oxygen atoms in total. The highest BCUT2D eigenvalue weighted by molar-refractivity contribution is 5.08. The molecule has 1 N–H and O–H groups in total. The summed E-state index contributed by atoms with van der Waals surface area (Å²) in [6.07, 6.45) is 3.15. The maximum Gasteiger partial charge on any atom is 0.0878 e. The minimum Gasteiger partial charge on any atom is -0.391 e. The third-order valence-corrected chi connectivity index (χ3v) is 3.24. The van der Waals surface area contributed by atoms with Crippen LogP contribution < -0.4 is 0 Å². The SMILES string of the molecule is N#CC1(C(O)C2CC2)CCOCC1. The second kappa shape index (κ2) is 3.28. The number of aliphatic hydroxyl groups is 1. The standard InChI is InChI=1S/C10H15NO2/c11-7-10(3-5-13-6-4-10)9(12)8-1-2-8/h8-9,12H,1-6H2. The number of rotatable bonds is 2. The van der Waals surface area contributed by atoms with E-state index in [1.54, 1.807) is 0 Å². The van der Waals surface area contributed by atoms with Crippen molar-refractivity contribution in [3.63, 3.8) is 0 Å². The van der Waals surface area contributed by atoms with E-state index < -0.39 is 11.5 Å². The zero-order valence-electron chi connectivity index (χ0n) is 7.70. The molecule has 2 fully saturated rings. The van der Waals surface area contributed by atoms with Crippen molar-refractivity contribution in [3.8, 4) is 6.07 Å². The van der Waals surface area contributed by atoms with Gasteiger partial charge in [0.15, 0.2) is 0 Å². The second-order valence-corrected chi connectivity index (χ2v) is 4.16. The van der Waals surface area contributed by atoms with Crippen LogP contribution in [0, 0.1) is 22.7 Å². The van der Waals surface area contributed by atoms with Gasteiger partial charge in [-0.3, -0.25) is 0 Å². The molecule has 1 aliphatic carbocycles. The molecule has 0 spiro atoms. The van der Waals surface area contributed by atoms with Gasteiger partial charge >= 0.3 is 0 Å². The second-order valence-electron chi connectivity index (χ2n) is 4.16. The number of ether oxygens (including phenoxy) is 1. The highest BCUT2D eigenvalue weighted by Crippen LogP contribution is 2.45. The first-order chi connectivity index (χ1) is 6.28. The van der Waals surface area contributed by atoms with Crippen LogP contribution >= 0.6 is 0 Å². The maximum atomic E-state index is 9.99. The van der Waals surface area contributed by atoms with Gasteiger partial charge < -0.3 is 9.84 Å². The van der Waals surface area contributed by atoms with E-state index in [9.17, 15) is 5.11 Å². The molecule has 0 amide bonds. The van der Waals surface area contributed by atoms with Crippen molar-refractivity contribution < 1.29 is 9.84 Å². The first-order valence-corrected chi connectivity index (χ1v) is 4.95. The van der Waals surface area contributed by atoms with Gasteiger partial charge in [-0.2, -0.15) is 5.26 Å². The fourth-order valence-corrected chi connectivity index (χ4v) is 2.07. The van der Waals surface area contributed by atoms with Crippen molar-refractivity contribution >= 4 is 0 Å². The van der Waals surface area contributed by atoms with Gasteiger partial charge in [0.05, 0.1) is 17.6 Å². The molecule has 1 saturated heterocycles. The number of aliphatic hydroxyl groups excluding tert-OH is 1. The van der Waals surface area contributed by atoms with Crippen molar-refractivity contribution in [1.82, 2.24) is 0 Å². The molecule has 2 aliphatic rings. The summed E-state index contributed by atoms with van der Waals surface area (Å²) in [6, 6.07) is 2.31. The zero-order chi connectivity index (χ0) is 9.31. The largest absolute Gasteiger partial charge is 0.391 e. The van der Waals surface area contributed by atoms with E-state index in [0.717, 1.165) is 12.8 Å². The van der Waals surface area contributed by atoms with Crippen molar-refractivity contribution in [2.24, 2.45) is 11.3 Å². The molecule has 72 valence electrons. The highest BCUT2D eigenvalue weighted by Gasteiger charge is 2.47. The molecule has 0 aromatic rings. The van der Waals surface area contributed by atoms with Crippen LogP contribution in [0.25, 0.3) is 0 Å².